The van der Waals surface area contributed by atoms with Crippen LogP contribution in [-0.4, -0.2) is 68.5 Å². The van der Waals surface area contributed by atoms with Crippen molar-refractivity contribution < 1.29 is 19.2 Å². The van der Waals surface area contributed by atoms with Gasteiger partial charge in [0.05, 0.1) is 18.2 Å². The van der Waals surface area contributed by atoms with Gasteiger partial charge in [-0.15, -0.1) is 11.8 Å². The molecule has 1 saturated carbocycles. The van der Waals surface area contributed by atoms with Crippen molar-refractivity contribution in [1.29, 1.82) is 0 Å². The van der Waals surface area contributed by atoms with Crippen molar-refractivity contribution in [1.82, 2.24) is 15.7 Å². The molecule has 0 heterocycles. The topological polar surface area (TPSA) is 87.7 Å². The maximum atomic E-state index is 13.3. The number of hydrogen-bond donors (Lipinski definition) is 2. The zero-order chi connectivity index (χ0) is 25.3. The molecule has 1 aliphatic rings. The first-order chi connectivity index (χ1) is 17.1. The Morgan fingerprint density at radius 1 is 1.14 bits per heavy atom. The lowest BCUT2D eigenvalue weighted by Gasteiger charge is -2.25. The number of hydroxylamine groups is 1. The number of nitrogens with zero attached hydrogens (tertiary/aromatic N) is 1. The van der Waals surface area contributed by atoms with Crippen molar-refractivity contribution in [2.24, 2.45) is 0 Å². The Kier molecular flexibility index (Phi) is 14.9. The second-order valence-electron chi connectivity index (χ2n) is 9.20. The standard InChI is InChI=1S/C27H43N3O4S/c1-28-34-18-16-24(21-32)30(2)27(33)26-22(20-31)12-11-15-25(26)35-19-10-5-3-4-9-17-29-23-13-7-6-8-14-23/h11-12,15,20-21,23-24,28-29H,3-10,13-14,16-19H2,1-2H3. The SMILES string of the molecule is CNOCCC(C=O)N(C)C(=O)c1c(C=O)cccc1SCCCCCCCNC1CCCCC1. The van der Waals surface area contributed by atoms with Gasteiger partial charge in [-0.05, 0) is 50.5 Å². The fourth-order valence-electron chi connectivity index (χ4n) is 4.51. The number of carbonyl (C=O) groups is 3. The van der Waals surface area contributed by atoms with Crippen LogP contribution in [0.3, 0.4) is 0 Å². The molecule has 0 spiro atoms. The summed E-state index contributed by atoms with van der Waals surface area (Å²) in [7, 11) is 3.24. The van der Waals surface area contributed by atoms with E-state index in [1.54, 1.807) is 38.0 Å². The molecule has 1 atom stereocenters. The predicted molar refractivity (Wildman–Crippen MR) is 142 cm³/mol. The smallest absolute Gasteiger partial charge is 0.256 e. The van der Waals surface area contributed by atoms with Crippen LogP contribution in [0.5, 0.6) is 0 Å². The molecular weight excluding hydrogens is 462 g/mol. The van der Waals surface area contributed by atoms with Crippen LogP contribution in [0.2, 0.25) is 0 Å². The van der Waals surface area contributed by atoms with Gasteiger partial charge in [0, 0.05) is 30.6 Å². The minimum Gasteiger partial charge on any atom is -0.332 e. The molecule has 7 nitrogen and oxygen atoms in total. The highest BCUT2D eigenvalue weighted by Gasteiger charge is 2.25. The van der Waals surface area contributed by atoms with Crippen LogP contribution in [0.25, 0.3) is 0 Å². The molecule has 0 aromatic heterocycles. The van der Waals surface area contributed by atoms with Gasteiger partial charge in [0.15, 0.2) is 6.29 Å². The fraction of sp³-hybridized carbons (Fsp3) is 0.667. The maximum Gasteiger partial charge on any atom is 0.256 e. The summed E-state index contributed by atoms with van der Waals surface area (Å²) < 4.78 is 0. The third-order valence-corrected chi connectivity index (χ3v) is 7.80. The Morgan fingerprint density at radius 3 is 2.60 bits per heavy atom. The Bertz CT molecular complexity index is 771. The molecule has 1 amide bonds. The molecule has 2 N–H and O–H groups in total. The lowest BCUT2D eigenvalue weighted by molar-refractivity contribution is -0.112. The molecular formula is C27H43N3O4S. The molecule has 1 aromatic rings. The average molecular weight is 506 g/mol. The number of aldehydes is 2. The quantitative estimate of drug-likeness (QED) is 0.130. The van der Waals surface area contributed by atoms with E-state index >= 15 is 0 Å². The van der Waals surface area contributed by atoms with Crippen LogP contribution < -0.4 is 10.8 Å². The van der Waals surface area contributed by atoms with Gasteiger partial charge in [0.25, 0.3) is 5.91 Å². The second kappa shape index (κ2) is 17.7. The van der Waals surface area contributed by atoms with Gasteiger partial charge >= 0.3 is 0 Å². The predicted octanol–water partition coefficient (Wildman–Crippen LogP) is 4.64. The van der Waals surface area contributed by atoms with Crippen molar-refractivity contribution in [3.05, 3.63) is 29.3 Å². The Morgan fingerprint density at radius 2 is 1.89 bits per heavy atom. The van der Waals surface area contributed by atoms with Crippen LogP contribution in [0.1, 0.15) is 91.3 Å². The van der Waals surface area contributed by atoms with Crippen LogP contribution in [-0.2, 0) is 9.63 Å². The van der Waals surface area contributed by atoms with Crippen molar-refractivity contribution in [3.63, 3.8) is 0 Å². The lowest BCUT2D eigenvalue weighted by Crippen LogP contribution is -2.39. The van der Waals surface area contributed by atoms with Gasteiger partial charge in [-0.2, -0.15) is 0 Å². The van der Waals surface area contributed by atoms with Crippen LogP contribution in [0.4, 0.5) is 0 Å². The van der Waals surface area contributed by atoms with Crippen molar-refractivity contribution in [3.8, 4) is 0 Å². The first-order valence-electron chi connectivity index (χ1n) is 13.1. The summed E-state index contributed by atoms with van der Waals surface area (Å²) in [6.45, 7) is 1.42. The molecule has 2 rings (SSSR count). The van der Waals surface area contributed by atoms with Crippen molar-refractivity contribution >= 4 is 30.2 Å². The largest absolute Gasteiger partial charge is 0.332 e. The molecule has 196 valence electrons. The number of nitrogens with one attached hydrogen (secondary N) is 2. The van der Waals surface area contributed by atoms with E-state index in [-0.39, 0.29) is 5.91 Å². The zero-order valence-corrected chi connectivity index (χ0v) is 22.2. The van der Waals surface area contributed by atoms with E-state index in [2.05, 4.69) is 10.8 Å². The minimum absolute atomic E-state index is 0.297. The van der Waals surface area contributed by atoms with Gasteiger partial charge in [0.1, 0.15) is 6.29 Å². The van der Waals surface area contributed by atoms with E-state index in [0.717, 1.165) is 42.4 Å². The number of amides is 1. The molecule has 0 radical (unpaired) electrons. The van der Waals surface area contributed by atoms with Gasteiger partial charge in [-0.3, -0.25) is 9.59 Å². The number of rotatable bonds is 18. The van der Waals surface area contributed by atoms with E-state index in [9.17, 15) is 14.4 Å². The van der Waals surface area contributed by atoms with E-state index < -0.39 is 6.04 Å². The van der Waals surface area contributed by atoms with Gasteiger partial charge in [0.2, 0.25) is 0 Å². The highest BCUT2D eigenvalue weighted by Crippen LogP contribution is 2.28. The summed E-state index contributed by atoms with van der Waals surface area (Å²) in [5, 5.41) is 3.71. The van der Waals surface area contributed by atoms with E-state index in [4.69, 9.17) is 4.84 Å². The van der Waals surface area contributed by atoms with E-state index in [1.165, 1.54) is 56.3 Å². The number of benzene rings is 1. The maximum absolute atomic E-state index is 13.3. The third-order valence-electron chi connectivity index (χ3n) is 6.65. The van der Waals surface area contributed by atoms with Gasteiger partial charge in [-0.1, -0.05) is 50.7 Å². The first kappa shape index (κ1) is 29.5. The number of hydrogen-bond acceptors (Lipinski definition) is 7. The second-order valence-corrected chi connectivity index (χ2v) is 10.3. The molecule has 0 aliphatic heterocycles. The highest BCUT2D eigenvalue weighted by atomic mass is 32.2. The van der Waals surface area contributed by atoms with Gasteiger partial charge in [-0.25, -0.2) is 5.48 Å². The lowest BCUT2D eigenvalue weighted by atomic mass is 9.95. The van der Waals surface area contributed by atoms with E-state index in [0.29, 0.717) is 30.4 Å². The Labute approximate surface area is 215 Å². The zero-order valence-electron chi connectivity index (χ0n) is 21.4. The number of thioether (sulfide) groups is 1. The monoisotopic (exact) mass is 505 g/mol. The molecule has 8 heteroatoms. The summed E-state index contributed by atoms with van der Waals surface area (Å²) in [6, 6.07) is 5.46. The minimum atomic E-state index is -0.624. The fourth-order valence-corrected chi connectivity index (χ4v) is 5.60. The van der Waals surface area contributed by atoms with E-state index in [1.807, 2.05) is 6.07 Å². The molecule has 0 saturated heterocycles. The number of unbranched alkanes of at least 4 members (excludes halogenated alkanes) is 4. The number of carbonyl (C=O) groups excluding carboxylic acids is 3. The summed E-state index contributed by atoms with van der Waals surface area (Å²) in [6.07, 6.45) is 14.6. The highest BCUT2D eigenvalue weighted by molar-refractivity contribution is 7.99. The summed E-state index contributed by atoms with van der Waals surface area (Å²) in [5.41, 5.74) is 3.30. The Hall–Kier alpha value is -1.74. The third kappa shape index (κ3) is 10.4. The molecule has 1 fully saturated rings. The first-order valence-corrected chi connectivity index (χ1v) is 14.1. The Balaban J connectivity index is 1.78. The van der Waals surface area contributed by atoms with Crippen molar-refractivity contribution in [2.45, 2.75) is 87.6 Å². The normalized spacial score (nSPS) is 15.0. The van der Waals surface area contributed by atoms with Gasteiger partial charge < -0.3 is 19.8 Å². The number of likely N-dealkylation sites (N-methyl/N-ethyl adjacent to an activating group) is 1. The van der Waals surface area contributed by atoms with Crippen LogP contribution in [0.15, 0.2) is 23.1 Å². The van der Waals surface area contributed by atoms with Crippen LogP contribution >= 0.6 is 11.8 Å². The summed E-state index contributed by atoms with van der Waals surface area (Å²) in [5.74, 6) is 0.571. The molecule has 1 aliphatic carbocycles. The average Bonchev–Trinajstić information content (AvgIpc) is 2.89. The molecule has 1 unspecified atom stereocenters. The summed E-state index contributed by atoms with van der Waals surface area (Å²) in [4.78, 5) is 43.8. The molecule has 1 aromatic carbocycles. The molecule has 0 bridgehead atoms. The van der Waals surface area contributed by atoms with Crippen molar-refractivity contribution in [2.75, 3.05) is 33.0 Å². The summed E-state index contributed by atoms with van der Waals surface area (Å²) >= 11 is 1.61. The molecule has 35 heavy (non-hydrogen) atoms. The van der Waals surface area contributed by atoms with Crippen LogP contribution in [0, 0.1) is 0 Å².